The molecule has 0 spiro atoms. The van der Waals surface area contributed by atoms with E-state index in [1.165, 1.54) is 13.0 Å². The molecule has 0 saturated carbocycles. The lowest BCUT2D eigenvalue weighted by molar-refractivity contribution is -0.130. The molecule has 0 heterocycles. The lowest BCUT2D eigenvalue weighted by Gasteiger charge is -2.22. The zero-order valence-electron chi connectivity index (χ0n) is 16.4. The SMILES string of the molecule is CC(=O)N[C@@H](Cc1ccccc1F)C(=O)N[C@H](CCCc1ccccc1)C(N)=O. The summed E-state index contributed by atoms with van der Waals surface area (Å²) in [4.78, 5) is 36.0. The Hall–Kier alpha value is -3.22. The summed E-state index contributed by atoms with van der Waals surface area (Å²) in [5.74, 6) is -2.13. The normalized spacial score (nSPS) is 12.6. The van der Waals surface area contributed by atoms with E-state index in [0.717, 1.165) is 12.0 Å². The molecule has 2 atom stereocenters. The van der Waals surface area contributed by atoms with Gasteiger partial charge < -0.3 is 16.4 Å². The first-order valence-corrected chi connectivity index (χ1v) is 9.51. The van der Waals surface area contributed by atoms with Crippen LogP contribution in [0.5, 0.6) is 0 Å². The van der Waals surface area contributed by atoms with Gasteiger partial charge in [0.05, 0.1) is 0 Å². The van der Waals surface area contributed by atoms with Crippen LogP contribution >= 0.6 is 0 Å². The van der Waals surface area contributed by atoms with E-state index in [1.807, 2.05) is 30.3 Å². The molecule has 0 unspecified atom stereocenters. The van der Waals surface area contributed by atoms with Gasteiger partial charge in [0.25, 0.3) is 0 Å². The van der Waals surface area contributed by atoms with E-state index in [0.29, 0.717) is 18.4 Å². The minimum Gasteiger partial charge on any atom is -0.368 e. The van der Waals surface area contributed by atoms with Gasteiger partial charge in [-0.2, -0.15) is 0 Å². The summed E-state index contributed by atoms with van der Waals surface area (Å²) in [5, 5.41) is 5.11. The van der Waals surface area contributed by atoms with Crippen LogP contribution < -0.4 is 16.4 Å². The highest BCUT2D eigenvalue weighted by Gasteiger charge is 2.25. The maximum Gasteiger partial charge on any atom is 0.243 e. The highest BCUT2D eigenvalue weighted by atomic mass is 19.1. The predicted octanol–water partition coefficient (Wildman–Crippen LogP) is 1.87. The Morgan fingerprint density at radius 1 is 0.966 bits per heavy atom. The third kappa shape index (κ3) is 7.37. The molecule has 0 bridgehead atoms. The van der Waals surface area contributed by atoms with Crippen molar-refractivity contribution >= 4 is 17.7 Å². The quantitative estimate of drug-likeness (QED) is 0.568. The molecule has 2 aromatic carbocycles. The molecule has 0 radical (unpaired) electrons. The fourth-order valence-electron chi connectivity index (χ4n) is 3.05. The number of nitrogens with two attached hydrogens (primary N) is 1. The van der Waals surface area contributed by atoms with Gasteiger partial charge in [-0.15, -0.1) is 0 Å². The fraction of sp³-hybridized carbons (Fsp3) is 0.318. The molecule has 7 heteroatoms. The summed E-state index contributed by atoms with van der Waals surface area (Å²) in [6, 6.07) is 13.9. The van der Waals surface area contributed by atoms with E-state index in [9.17, 15) is 18.8 Å². The molecule has 0 saturated heterocycles. The van der Waals surface area contributed by atoms with Crippen molar-refractivity contribution < 1.29 is 18.8 Å². The Morgan fingerprint density at radius 3 is 2.24 bits per heavy atom. The molecular formula is C22H26FN3O3. The minimum atomic E-state index is -1.01. The van der Waals surface area contributed by atoms with Gasteiger partial charge in [-0.1, -0.05) is 48.5 Å². The van der Waals surface area contributed by atoms with Crippen LogP contribution in [-0.2, 0) is 27.2 Å². The van der Waals surface area contributed by atoms with Crippen molar-refractivity contribution in [2.45, 2.75) is 44.7 Å². The monoisotopic (exact) mass is 399 g/mol. The molecule has 4 N–H and O–H groups in total. The van der Waals surface area contributed by atoms with Gasteiger partial charge in [-0.25, -0.2) is 4.39 Å². The molecule has 0 aliphatic heterocycles. The van der Waals surface area contributed by atoms with Crippen molar-refractivity contribution in [2.24, 2.45) is 5.73 Å². The number of hydrogen-bond acceptors (Lipinski definition) is 3. The van der Waals surface area contributed by atoms with E-state index in [2.05, 4.69) is 10.6 Å². The van der Waals surface area contributed by atoms with E-state index < -0.39 is 35.6 Å². The maximum atomic E-state index is 14.0. The summed E-state index contributed by atoms with van der Waals surface area (Å²) < 4.78 is 14.0. The average Bonchev–Trinajstić information content (AvgIpc) is 2.68. The highest BCUT2D eigenvalue weighted by molar-refractivity contribution is 5.91. The van der Waals surface area contributed by atoms with E-state index in [-0.39, 0.29) is 6.42 Å². The number of halogens is 1. The minimum absolute atomic E-state index is 0.0341. The summed E-state index contributed by atoms with van der Waals surface area (Å²) in [6.45, 7) is 1.27. The van der Waals surface area contributed by atoms with Crippen LogP contribution in [0.4, 0.5) is 4.39 Å². The maximum absolute atomic E-state index is 14.0. The Morgan fingerprint density at radius 2 is 1.62 bits per heavy atom. The number of carbonyl (C=O) groups excluding carboxylic acids is 3. The van der Waals surface area contributed by atoms with Crippen molar-refractivity contribution in [2.75, 3.05) is 0 Å². The summed E-state index contributed by atoms with van der Waals surface area (Å²) in [5.41, 5.74) is 6.86. The van der Waals surface area contributed by atoms with Crippen molar-refractivity contribution in [3.63, 3.8) is 0 Å². The van der Waals surface area contributed by atoms with Crippen LogP contribution in [0.3, 0.4) is 0 Å². The Bertz CT molecular complexity index is 842. The average molecular weight is 399 g/mol. The van der Waals surface area contributed by atoms with Gasteiger partial charge >= 0.3 is 0 Å². The van der Waals surface area contributed by atoms with Crippen molar-refractivity contribution in [1.29, 1.82) is 0 Å². The highest BCUT2D eigenvalue weighted by Crippen LogP contribution is 2.11. The second-order valence-corrected chi connectivity index (χ2v) is 6.89. The first-order chi connectivity index (χ1) is 13.9. The Labute approximate surface area is 169 Å². The van der Waals surface area contributed by atoms with Crippen molar-refractivity contribution in [3.8, 4) is 0 Å². The topological polar surface area (TPSA) is 101 Å². The Kier molecular flexibility index (Phi) is 8.33. The first-order valence-electron chi connectivity index (χ1n) is 9.51. The van der Waals surface area contributed by atoms with Crippen LogP contribution in [0.2, 0.25) is 0 Å². The van der Waals surface area contributed by atoms with Gasteiger partial charge in [0.1, 0.15) is 17.9 Å². The number of rotatable bonds is 10. The zero-order chi connectivity index (χ0) is 21.2. The van der Waals surface area contributed by atoms with Crippen molar-refractivity contribution in [1.82, 2.24) is 10.6 Å². The number of carbonyl (C=O) groups is 3. The van der Waals surface area contributed by atoms with Gasteiger partial charge in [-0.3, -0.25) is 14.4 Å². The molecule has 2 aromatic rings. The third-order valence-corrected chi connectivity index (χ3v) is 4.54. The summed E-state index contributed by atoms with van der Waals surface area (Å²) >= 11 is 0. The number of amides is 3. The molecule has 0 aliphatic rings. The van der Waals surface area contributed by atoms with Gasteiger partial charge in [-0.05, 0) is 36.5 Å². The number of primary amides is 1. The molecule has 29 heavy (non-hydrogen) atoms. The summed E-state index contributed by atoms with van der Waals surface area (Å²) in [7, 11) is 0. The van der Waals surface area contributed by atoms with Crippen LogP contribution in [0.15, 0.2) is 54.6 Å². The van der Waals surface area contributed by atoms with Gasteiger partial charge in [0, 0.05) is 13.3 Å². The van der Waals surface area contributed by atoms with E-state index >= 15 is 0 Å². The molecule has 6 nitrogen and oxygen atoms in total. The number of hydrogen-bond donors (Lipinski definition) is 3. The molecule has 0 aliphatic carbocycles. The van der Waals surface area contributed by atoms with Crippen LogP contribution in [-0.4, -0.2) is 29.8 Å². The molecule has 2 rings (SSSR count). The second kappa shape index (κ2) is 10.9. The lowest BCUT2D eigenvalue weighted by atomic mass is 10.0. The van der Waals surface area contributed by atoms with Crippen molar-refractivity contribution in [3.05, 3.63) is 71.5 Å². The standard InChI is InChI=1S/C22H26FN3O3/c1-15(27)25-20(14-17-11-5-6-12-18(17)23)22(29)26-19(21(24)28)13-7-10-16-8-3-2-4-9-16/h2-6,8-9,11-12,19-20H,7,10,13-14H2,1H3,(H2,24,28)(H,25,27)(H,26,29)/t19-,20+/m1/s1. The van der Waals surface area contributed by atoms with Gasteiger partial charge in [0.15, 0.2) is 0 Å². The van der Waals surface area contributed by atoms with Crippen LogP contribution in [0.25, 0.3) is 0 Å². The number of aryl methyl sites for hydroxylation is 1. The van der Waals surface area contributed by atoms with Crippen LogP contribution in [0, 0.1) is 5.82 Å². The fourth-order valence-corrected chi connectivity index (χ4v) is 3.05. The third-order valence-electron chi connectivity index (χ3n) is 4.54. The van der Waals surface area contributed by atoms with E-state index in [4.69, 9.17) is 5.73 Å². The largest absolute Gasteiger partial charge is 0.368 e. The zero-order valence-corrected chi connectivity index (χ0v) is 16.4. The molecule has 0 aromatic heterocycles. The van der Waals surface area contributed by atoms with E-state index in [1.54, 1.807) is 18.2 Å². The molecule has 0 fully saturated rings. The molecule has 3 amide bonds. The smallest absolute Gasteiger partial charge is 0.243 e. The molecular weight excluding hydrogens is 373 g/mol. The lowest BCUT2D eigenvalue weighted by Crippen LogP contribution is -2.53. The van der Waals surface area contributed by atoms with Gasteiger partial charge in [0.2, 0.25) is 17.7 Å². The number of benzene rings is 2. The Balaban J connectivity index is 2.00. The summed E-state index contributed by atoms with van der Waals surface area (Å²) in [6.07, 6.45) is 1.72. The predicted molar refractivity (Wildman–Crippen MR) is 108 cm³/mol. The number of nitrogens with one attached hydrogen (secondary N) is 2. The molecule has 154 valence electrons. The van der Waals surface area contributed by atoms with Crippen LogP contribution in [0.1, 0.15) is 30.9 Å². The second-order valence-electron chi connectivity index (χ2n) is 6.89. The first kappa shape index (κ1) is 22.1.